The Bertz CT molecular complexity index is 756. The average molecular weight is 411 g/mol. The predicted octanol–water partition coefficient (Wildman–Crippen LogP) is 3.72. The molecule has 5 nitrogen and oxygen atoms in total. The van der Waals surface area contributed by atoms with Gasteiger partial charge in [-0.3, -0.25) is 4.90 Å². The first-order valence-electron chi connectivity index (χ1n) is 10.4. The molecule has 2 heterocycles. The number of nitrogens with zero attached hydrogens (tertiary/aromatic N) is 1. The Labute approximate surface area is 170 Å². The molecule has 1 aromatic rings. The lowest BCUT2D eigenvalue weighted by Gasteiger charge is -2.47. The fraction of sp³-hybridized carbons (Fsp3) is 0.727. The lowest BCUT2D eigenvalue weighted by molar-refractivity contribution is -0.149. The van der Waals surface area contributed by atoms with Gasteiger partial charge in [0.2, 0.25) is 0 Å². The first-order valence-corrected chi connectivity index (χ1v) is 10.4. The zero-order chi connectivity index (χ0) is 21.0. The van der Waals surface area contributed by atoms with Crippen molar-refractivity contribution in [1.29, 1.82) is 0 Å². The van der Waals surface area contributed by atoms with E-state index in [1.54, 1.807) is 7.11 Å². The van der Waals surface area contributed by atoms with Crippen LogP contribution in [-0.2, 0) is 11.2 Å². The monoisotopic (exact) mass is 411 g/mol. The summed E-state index contributed by atoms with van der Waals surface area (Å²) < 4.78 is 43.7. The number of benzene rings is 1. The Morgan fingerprint density at radius 2 is 1.90 bits per heavy atom. The van der Waals surface area contributed by atoms with Crippen molar-refractivity contribution >= 4 is 0 Å². The molecule has 4 rings (SSSR count). The van der Waals surface area contributed by atoms with Crippen molar-refractivity contribution in [3.63, 3.8) is 0 Å². The van der Waals surface area contributed by atoms with Crippen LogP contribution in [0.5, 0.6) is 11.5 Å². The zero-order valence-corrected chi connectivity index (χ0v) is 17.6. The van der Waals surface area contributed by atoms with E-state index >= 15 is 0 Å². The summed E-state index contributed by atoms with van der Waals surface area (Å²) in [7, 11) is 1.56. The van der Waals surface area contributed by atoms with Crippen LogP contribution < -0.4 is 9.47 Å². The second-order valence-corrected chi connectivity index (χ2v) is 9.54. The van der Waals surface area contributed by atoms with Crippen LogP contribution in [0, 0.1) is 0 Å². The number of hydrogen-bond acceptors (Lipinski definition) is 5. The van der Waals surface area contributed by atoms with Crippen LogP contribution in [0.4, 0.5) is 8.78 Å². The van der Waals surface area contributed by atoms with Crippen LogP contribution in [0.15, 0.2) is 12.1 Å². The maximum absolute atomic E-state index is 13.2. The number of ether oxygens (including phenoxy) is 3. The van der Waals surface area contributed by atoms with Crippen LogP contribution in [0.25, 0.3) is 0 Å². The van der Waals surface area contributed by atoms with Crippen LogP contribution in [0.1, 0.15) is 57.2 Å². The minimum absolute atomic E-state index is 0.0876. The largest absolute Gasteiger partial charge is 0.493 e. The van der Waals surface area contributed by atoms with Gasteiger partial charge in [0.15, 0.2) is 11.5 Å². The van der Waals surface area contributed by atoms with E-state index < -0.39 is 18.1 Å². The lowest BCUT2D eigenvalue weighted by Crippen LogP contribution is -2.53. The number of rotatable bonds is 4. The zero-order valence-electron chi connectivity index (χ0n) is 17.6. The van der Waals surface area contributed by atoms with E-state index in [2.05, 4.69) is 4.90 Å². The molecule has 1 aliphatic carbocycles. The lowest BCUT2D eigenvalue weighted by atomic mass is 9.84. The van der Waals surface area contributed by atoms with E-state index in [-0.39, 0.29) is 30.6 Å². The summed E-state index contributed by atoms with van der Waals surface area (Å²) in [6.45, 7) is 7.55. The smallest absolute Gasteiger partial charge is 0.255 e. The van der Waals surface area contributed by atoms with Crippen molar-refractivity contribution < 1.29 is 28.1 Å². The summed E-state index contributed by atoms with van der Waals surface area (Å²) >= 11 is 0. The number of fused-ring (bicyclic) bond motifs is 3. The van der Waals surface area contributed by atoms with Gasteiger partial charge in [0, 0.05) is 32.0 Å². The number of aliphatic hydroxyl groups excluding tert-OH is 1. The first kappa shape index (κ1) is 20.8. The van der Waals surface area contributed by atoms with Crippen molar-refractivity contribution in [2.75, 3.05) is 20.2 Å². The summed E-state index contributed by atoms with van der Waals surface area (Å²) in [6.07, 6.45) is -0.283. The average Bonchev–Trinajstić information content (AvgIpc) is 2.59. The van der Waals surface area contributed by atoms with Gasteiger partial charge >= 0.3 is 0 Å². The molecule has 0 spiro atoms. The summed E-state index contributed by atoms with van der Waals surface area (Å²) in [6, 6.07) is 3.98. The van der Waals surface area contributed by atoms with Crippen molar-refractivity contribution in [2.24, 2.45) is 0 Å². The molecular weight excluding hydrogens is 380 g/mol. The Hall–Kier alpha value is -1.44. The van der Waals surface area contributed by atoms with Crippen molar-refractivity contribution in [3.05, 3.63) is 23.3 Å². The molecule has 29 heavy (non-hydrogen) atoms. The predicted molar refractivity (Wildman–Crippen MR) is 105 cm³/mol. The Kier molecular flexibility index (Phi) is 5.28. The second kappa shape index (κ2) is 7.36. The highest BCUT2D eigenvalue weighted by Gasteiger charge is 2.47. The molecular formula is C22H31F2NO4. The molecule has 0 bridgehead atoms. The van der Waals surface area contributed by atoms with Gasteiger partial charge in [-0.15, -0.1) is 0 Å². The molecule has 1 saturated carbocycles. The van der Waals surface area contributed by atoms with E-state index in [1.165, 1.54) is 0 Å². The van der Waals surface area contributed by atoms with Crippen LogP contribution >= 0.6 is 0 Å². The molecule has 0 unspecified atom stereocenters. The molecule has 3 atom stereocenters. The molecule has 0 amide bonds. The molecule has 1 aromatic carbocycles. The Morgan fingerprint density at radius 3 is 2.52 bits per heavy atom. The minimum atomic E-state index is -2.61. The van der Waals surface area contributed by atoms with Crippen LogP contribution in [0.3, 0.4) is 0 Å². The highest BCUT2D eigenvalue weighted by Crippen LogP contribution is 2.45. The molecule has 162 valence electrons. The van der Waals surface area contributed by atoms with Gasteiger partial charge in [-0.2, -0.15) is 0 Å². The molecule has 0 radical (unpaired) electrons. The standard InChI is InChI=1S/C22H31F2NO4/c1-21(2,3)29-20-12-25-6-5-13-7-19(28-14-10-22(23,24)11-14)18(27-4)8-15(13)16(25)9-17(20)26/h7-8,14,16-17,20,26H,5-6,9-12H2,1-4H3/t16-,17-,20-/m1/s1. The van der Waals surface area contributed by atoms with E-state index in [0.717, 1.165) is 24.1 Å². The third-order valence-electron chi connectivity index (χ3n) is 6.05. The molecule has 3 aliphatic rings. The number of aliphatic hydroxyl groups is 1. The molecule has 2 fully saturated rings. The van der Waals surface area contributed by atoms with Crippen molar-refractivity contribution in [1.82, 2.24) is 4.90 Å². The fourth-order valence-electron chi connectivity index (χ4n) is 4.68. The van der Waals surface area contributed by atoms with Crippen molar-refractivity contribution in [3.8, 4) is 11.5 Å². The van der Waals surface area contributed by atoms with Crippen LogP contribution in [0.2, 0.25) is 0 Å². The molecule has 1 saturated heterocycles. The SMILES string of the molecule is COc1cc2c(cc1OC1CC(F)(F)C1)CCN1C[C@@H](OC(C)(C)C)[C@H](O)C[C@H]21. The maximum atomic E-state index is 13.2. The number of piperidine rings is 1. The molecule has 7 heteroatoms. The van der Waals surface area contributed by atoms with Gasteiger partial charge < -0.3 is 19.3 Å². The van der Waals surface area contributed by atoms with Gasteiger partial charge in [-0.05, 0) is 56.9 Å². The quantitative estimate of drug-likeness (QED) is 0.819. The van der Waals surface area contributed by atoms with Gasteiger partial charge in [0.1, 0.15) is 6.10 Å². The van der Waals surface area contributed by atoms with Gasteiger partial charge in [-0.1, -0.05) is 0 Å². The molecule has 1 N–H and O–H groups in total. The summed E-state index contributed by atoms with van der Waals surface area (Å²) in [5, 5.41) is 10.7. The molecule has 2 aliphatic heterocycles. The van der Waals surface area contributed by atoms with E-state index in [4.69, 9.17) is 14.2 Å². The van der Waals surface area contributed by atoms with E-state index in [1.807, 2.05) is 32.9 Å². The molecule has 0 aromatic heterocycles. The summed E-state index contributed by atoms with van der Waals surface area (Å²) in [5.74, 6) is -1.52. The Balaban J connectivity index is 1.53. The number of halogens is 2. The highest BCUT2D eigenvalue weighted by molar-refractivity contribution is 5.50. The minimum Gasteiger partial charge on any atom is -0.493 e. The normalized spacial score (nSPS) is 29.6. The number of hydrogen-bond donors (Lipinski definition) is 1. The van der Waals surface area contributed by atoms with Gasteiger partial charge in [-0.25, -0.2) is 8.78 Å². The Morgan fingerprint density at radius 1 is 1.17 bits per heavy atom. The van der Waals surface area contributed by atoms with E-state index in [0.29, 0.717) is 24.5 Å². The summed E-state index contributed by atoms with van der Waals surface area (Å²) in [4.78, 5) is 2.36. The third kappa shape index (κ3) is 4.37. The second-order valence-electron chi connectivity index (χ2n) is 9.54. The first-order chi connectivity index (χ1) is 13.5. The van der Waals surface area contributed by atoms with Gasteiger partial charge in [0.05, 0.1) is 24.9 Å². The topological polar surface area (TPSA) is 51.2 Å². The number of methoxy groups -OCH3 is 1. The maximum Gasteiger partial charge on any atom is 0.255 e. The number of alkyl halides is 2. The van der Waals surface area contributed by atoms with E-state index in [9.17, 15) is 13.9 Å². The fourth-order valence-corrected chi connectivity index (χ4v) is 4.68. The highest BCUT2D eigenvalue weighted by atomic mass is 19.3. The summed E-state index contributed by atoms with van der Waals surface area (Å²) in [5.41, 5.74) is 1.95. The van der Waals surface area contributed by atoms with Crippen LogP contribution in [-0.4, -0.2) is 60.0 Å². The van der Waals surface area contributed by atoms with Gasteiger partial charge in [0.25, 0.3) is 5.92 Å². The third-order valence-corrected chi connectivity index (χ3v) is 6.05. The van der Waals surface area contributed by atoms with Crippen molar-refractivity contribution in [2.45, 2.75) is 82.3 Å².